The van der Waals surface area contributed by atoms with E-state index >= 15 is 0 Å². The van der Waals surface area contributed by atoms with Gasteiger partial charge in [0.25, 0.3) is 0 Å². The van der Waals surface area contributed by atoms with Gasteiger partial charge in [-0.05, 0) is 72.1 Å². The Morgan fingerprint density at radius 2 is 1.81 bits per heavy atom. The molecule has 0 saturated carbocycles. The Morgan fingerprint density at radius 1 is 1.09 bits per heavy atom. The predicted octanol–water partition coefficient (Wildman–Crippen LogP) is 4.63. The molecule has 0 radical (unpaired) electrons. The van der Waals surface area contributed by atoms with Crippen molar-refractivity contribution in [3.8, 4) is 17.2 Å². The van der Waals surface area contributed by atoms with Gasteiger partial charge in [-0.25, -0.2) is 19.1 Å². The lowest BCUT2D eigenvalue weighted by Crippen LogP contribution is -2.42. The highest BCUT2D eigenvalue weighted by atomic mass is 16.6. The monoisotopic (exact) mass is 436 g/mol. The quantitative estimate of drug-likeness (QED) is 0.598. The zero-order valence-corrected chi connectivity index (χ0v) is 19.8. The second-order valence-electron chi connectivity index (χ2n) is 9.54. The van der Waals surface area contributed by atoms with Gasteiger partial charge in [0.05, 0.1) is 17.9 Å². The van der Waals surface area contributed by atoms with Gasteiger partial charge in [0.15, 0.2) is 5.82 Å². The van der Waals surface area contributed by atoms with Crippen molar-refractivity contribution in [1.29, 1.82) is 0 Å². The van der Waals surface area contributed by atoms with E-state index in [4.69, 9.17) is 14.8 Å². The molecule has 3 aromatic rings. The van der Waals surface area contributed by atoms with Gasteiger partial charge >= 0.3 is 6.09 Å². The number of amides is 1. The molecule has 32 heavy (non-hydrogen) atoms. The maximum atomic E-state index is 12.4. The van der Waals surface area contributed by atoms with Crippen LogP contribution in [0.25, 0.3) is 17.2 Å². The summed E-state index contributed by atoms with van der Waals surface area (Å²) >= 11 is 0. The summed E-state index contributed by atoms with van der Waals surface area (Å²) < 4.78 is 9.48. The van der Waals surface area contributed by atoms with E-state index in [1.54, 1.807) is 11.1 Å². The van der Waals surface area contributed by atoms with Crippen molar-refractivity contribution in [2.24, 2.45) is 0 Å². The van der Waals surface area contributed by atoms with Crippen molar-refractivity contribution in [3.05, 3.63) is 47.4 Å². The summed E-state index contributed by atoms with van der Waals surface area (Å²) in [6.07, 6.45) is 3.15. The fourth-order valence-electron chi connectivity index (χ4n) is 4.19. The molecule has 1 aliphatic rings. The van der Waals surface area contributed by atoms with Gasteiger partial charge in [0, 0.05) is 13.1 Å². The Hall–Kier alpha value is -3.16. The summed E-state index contributed by atoms with van der Waals surface area (Å²) in [6.45, 7) is 13.0. The fraction of sp³-hybridized carbons (Fsp3) is 0.500. The maximum absolute atomic E-state index is 12.4. The number of ether oxygens (including phenoxy) is 1. The van der Waals surface area contributed by atoms with E-state index in [1.165, 1.54) is 5.56 Å². The lowest BCUT2D eigenvalue weighted by atomic mass is 10.1. The van der Waals surface area contributed by atoms with E-state index < -0.39 is 5.60 Å². The van der Waals surface area contributed by atoms with Crippen molar-refractivity contribution in [1.82, 2.24) is 29.4 Å². The molecule has 0 bridgehead atoms. The molecule has 1 aromatic carbocycles. The Balaban J connectivity index is 1.58. The lowest BCUT2D eigenvalue weighted by Gasteiger charge is -2.33. The standard InChI is InChI=1S/C24H32N6O2/c1-16-7-8-20(17(2)15-16)30-21(9-12-25-30)22-26-18(3)27-29(22)19-10-13-28(14-11-19)23(31)32-24(4,5)6/h7-9,12,15,19H,10-11,13-14H2,1-6H3. The van der Waals surface area contributed by atoms with Crippen molar-refractivity contribution in [2.75, 3.05) is 13.1 Å². The summed E-state index contributed by atoms with van der Waals surface area (Å²) in [7, 11) is 0. The number of rotatable bonds is 3. The molecule has 1 amide bonds. The first-order valence-corrected chi connectivity index (χ1v) is 11.2. The molecule has 1 aliphatic heterocycles. The molecule has 0 aliphatic carbocycles. The molecule has 1 saturated heterocycles. The largest absolute Gasteiger partial charge is 0.444 e. The number of likely N-dealkylation sites (tertiary alicyclic amines) is 1. The van der Waals surface area contributed by atoms with Gasteiger partial charge in [-0.1, -0.05) is 17.7 Å². The van der Waals surface area contributed by atoms with Crippen LogP contribution in [0, 0.1) is 20.8 Å². The Kier molecular flexibility index (Phi) is 5.79. The molecule has 4 rings (SSSR count). The lowest BCUT2D eigenvalue weighted by molar-refractivity contribution is 0.0185. The Bertz CT molecular complexity index is 1120. The van der Waals surface area contributed by atoms with E-state index in [0.29, 0.717) is 13.1 Å². The number of aryl methyl sites for hydroxylation is 3. The first-order chi connectivity index (χ1) is 15.1. The molecule has 2 aromatic heterocycles. The van der Waals surface area contributed by atoms with E-state index in [0.717, 1.165) is 41.4 Å². The van der Waals surface area contributed by atoms with E-state index in [-0.39, 0.29) is 12.1 Å². The molecule has 0 N–H and O–H groups in total. The van der Waals surface area contributed by atoms with Crippen molar-refractivity contribution in [2.45, 2.75) is 66.0 Å². The number of hydrogen-bond acceptors (Lipinski definition) is 5. The molecular weight excluding hydrogens is 404 g/mol. The normalized spacial score (nSPS) is 15.2. The van der Waals surface area contributed by atoms with Crippen LogP contribution in [0.15, 0.2) is 30.5 Å². The van der Waals surface area contributed by atoms with Crippen LogP contribution in [0.5, 0.6) is 0 Å². The summed E-state index contributed by atoms with van der Waals surface area (Å²) in [4.78, 5) is 19.0. The third-order valence-corrected chi connectivity index (χ3v) is 5.65. The van der Waals surface area contributed by atoms with Crippen molar-refractivity contribution >= 4 is 6.09 Å². The zero-order valence-electron chi connectivity index (χ0n) is 19.8. The van der Waals surface area contributed by atoms with Crippen LogP contribution < -0.4 is 0 Å². The minimum Gasteiger partial charge on any atom is -0.444 e. The van der Waals surface area contributed by atoms with Crippen molar-refractivity contribution in [3.63, 3.8) is 0 Å². The number of nitrogens with zero attached hydrogens (tertiary/aromatic N) is 6. The number of carbonyl (C=O) groups excluding carboxylic acids is 1. The molecule has 1 fully saturated rings. The first kappa shape index (κ1) is 22.0. The minimum absolute atomic E-state index is 0.160. The fourth-order valence-corrected chi connectivity index (χ4v) is 4.19. The van der Waals surface area contributed by atoms with E-state index in [9.17, 15) is 4.79 Å². The average molecular weight is 437 g/mol. The number of aromatic nitrogens is 5. The summed E-state index contributed by atoms with van der Waals surface area (Å²) in [5, 5.41) is 9.30. The molecule has 170 valence electrons. The van der Waals surface area contributed by atoms with Crippen LogP contribution in [0.2, 0.25) is 0 Å². The number of hydrogen-bond donors (Lipinski definition) is 0. The molecule has 8 nitrogen and oxygen atoms in total. The molecule has 3 heterocycles. The van der Waals surface area contributed by atoms with Crippen LogP contribution in [-0.2, 0) is 4.74 Å². The Labute approximate surface area is 189 Å². The maximum Gasteiger partial charge on any atom is 0.410 e. The van der Waals surface area contributed by atoms with Crippen molar-refractivity contribution < 1.29 is 9.53 Å². The molecule has 8 heteroatoms. The van der Waals surface area contributed by atoms with Crippen LogP contribution >= 0.6 is 0 Å². The zero-order chi connectivity index (χ0) is 23.0. The summed E-state index contributed by atoms with van der Waals surface area (Å²) in [5.74, 6) is 1.53. The van der Waals surface area contributed by atoms with Crippen LogP contribution in [-0.4, -0.2) is 54.2 Å². The highest BCUT2D eigenvalue weighted by Gasteiger charge is 2.30. The van der Waals surface area contributed by atoms with Crippen LogP contribution in [0.3, 0.4) is 0 Å². The summed E-state index contributed by atoms with van der Waals surface area (Å²) in [6, 6.07) is 8.48. The van der Waals surface area contributed by atoms with Crippen LogP contribution in [0.4, 0.5) is 4.79 Å². The third-order valence-electron chi connectivity index (χ3n) is 5.65. The van der Waals surface area contributed by atoms with Gasteiger partial charge in [-0.15, -0.1) is 0 Å². The van der Waals surface area contributed by atoms with Gasteiger partial charge < -0.3 is 9.64 Å². The number of carbonyl (C=O) groups is 1. The van der Waals surface area contributed by atoms with Gasteiger partial charge in [-0.2, -0.15) is 10.2 Å². The number of piperidine rings is 1. The highest BCUT2D eigenvalue weighted by Crippen LogP contribution is 2.30. The topological polar surface area (TPSA) is 78.1 Å². The second kappa shape index (κ2) is 8.41. The van der Waals surface area contributed by atoms with E-state index in [2.05, 4.69) is 37.1 Å². The number of benzene rings is 1. The molecule has 0 atom stereocenters. The first-order valence-electron chi connectivity index (χ1n) is 11.2. The predicted molar refractivity (Wildman–Crippen MR) is 123 cm³/mol. The highest BCUT2D eigenvalue weighted by molar-refractivity contribution is 5.68. The average Bonchev–Trinajstić information content (AvgIpc) is 3.33. The molecular formula is C24H32N6O2. The van der Waals surface area contributed by atoms with Gasteiger partial charge in [0.2, 0.25) is 0 Å². The molecule has 0 unspecified atom stereocenters. The van der Waals surface area contributed by atoms with Gasteiger partial charge in [-0.3, -0.25) is 0 Å². The van der Waals surface area contributed by atoms with Gasteiger partial charge in [0.1, 0.15) is 17.1 Å². The smallest absolute Gasteiger partial charge is 0.410 e. The third kappa shape index (κ3) is 4.54. The van der Waals surface area contributed by atoms with Crippen LogP contribution in [0.1, 0.15) is 56.6 Å². The molecule has 0 spiro atoms. The summed E-state index contributed by atoms with van der Waals surface area (Å²) in [5.41, 5.74) is 3.82. The Morgan fingerprint density at radius 3 is 2.47 bits per heavy atom. The minimum atomic E-state index is -0.489. The van der Waals surface area contributed by atoms with E-state index in [1.807, 2.05) is 43.1 Å². The SMILES string of the molecule is Cc1ccc(-n2nccc2-c2nc(C)nn2C2CCN(C(=O)OC(C)(C)C)CC2)c(C)c1. The second-order valence-corrected chi connectivity index (χ2v) is 9.54.